The SMILES string of the molecule is CCCC#CC(=O)Nc1cnn(Cc2cccc(OC)c2OC)c1. The van der Waals surface area contributed by atoms with Crippen LogP contribution in [0, 0.1) is 11.8 Å². The monoisotopic (exact) mass is 327 g/mol. The van der Waals surface area contributed by atoms with Crippen LogP contribution in [0.3, 0.4) is 0 Å². The van der Waals surface area contributed by atoms with Crippen molar-refractivity contribution in [3.8, 4) is 23.3 Å². The third-order valence-corrected chi connectivity index (χ3v) is 3.28. The Balaban J connectivity index is 2.07. The Morgan fingerprint density at radius 2 is 2.17 bits per heavy atom. The number of carbonyl (C=O) groups is 1. The molecule has 0 unspecified atom stereocenters. The van der Waals surface area contributed by atoms with Gasteiger partial charge in [-0.05, 0) is 18.4 Å². The van der Waals surface area contributed by atoms with Gasteiger partial charge >= 0.3 is 0 Å². The van der Waals surface area contributed by atoms with Crippen molar-refractivity contribution in [1.29, 1.82) is 0 Å². The first kappa shape index (κ1) is 17.4. The fourth-order valence-electron chi connectivity index (χ4n) is 2.20. The second-order valence-corrected chi connectivity index (χ2v) is 5.09. The van der Waals surface area contributed by atoms with E-state index in [1.54, 1.807) is 31.3 Å². The lowest BCUT2D eigenvalue weighted by Gasteiger charge is -2.12. The van der Waals surface area contributed by atoms with Gasteiger partial charge in [-0.15, -0.1) is 0 Å². The zero-order valence-corrected chi connectivity index (χ0v) is 14.1. The van der Waals surface area contributed by atoms with Crippen molar-refractivity contribution in [2.75, 3.05) is 19.5 Å². The quantitative estimate of drug-likeness (QED) is 0.829. The summed E-state index contributed by atoms with van der Waals surface area (Å²) in [5.74, 6) is 6.37. The highest BCUT2D eigenvalue weighted by Gasteiger charge is 2.10. The molecule has 1 aromatic heterocycles. The molecule has 0 radical (unpaired) electrons. The van der Waals surface area contributed by atoms with Crippen LogP contribution in [0.15, 0.2) is 30.6 Å². The number of rotatable bonds is 6. The summed E-state index contributed by atoms with van der Waals surface area (Å²) in [6.07, 6.45) is 4.98. The van der Waals surface area contributed by atoms with Gasteiger partial charge in [0.05, 0.1) is 32.6 Å². The molecule has 0 aliphatic carbocycles. The number of ether oxygens (including phenoxy) is 2. The molecule has 0 bridgehead atoms. The molecule has 6 heteroatoms. The summed E-state index contributed by atoms with van der Waals surface area (Å²) in [6, 6.07) is 5.68. The fourth-order valence-corrected chi connectivity index (χ4v) is 2.20. The number of benzene rings is 1. The normalized spacial score (nSPS) is 9.79. The van der Waals surface area contributed by atoms with Crippen LogP contribution in [0.5, 0.6) is 11.5 Å². The number of anilines is 1. The molecule has 0 atom stereocenters. The van der Waals surface area contributed by atoms with Crippen molar-refractivity contribution in [1.82, 2.24) is 9.78 Å². The van der Waals surface area contributed by atoms with Crippen molar-refractivity contribution in [2.45, 2.75) is 26.3 Å². The highest BCUT2D eigenvalue weighted by molar-refractivity contribution is 6.03. The van der Waals surface area contributed by atoms with Gasteiger partial charge in [0.2, 0.25) is 0 Å². The molecular formula is C18H21N3O3. The van der Waals surface area contributed by atoms with Crippen molar-refractivity contribution < 1.29 is 14.3 Å². The fraction of sp³-hybridized carbons (Fsp3) is 0.333. The topological polar surface area (TPSA) is 65.4 Å². The molecule has 0 fully saturated rings. The molecule has 2 aromatic rings. The van der Waals surface area contributed by atoms with Crippen LogP contribution in [-0.2, 0) is 11.3 Å². The first-order chi connectivity index (χ1) is 11.7. The minimum atomic E-state index is -0.332. The van der Waals surface area contributed by atoms with Crippen LogP contribution in [-0.4, -0.2) is 29.9 Å². The van der Waals surface area contributed by atoms with Crippen molar-refractivity contribution in [3.05, 3.63) is 36.2 Å². The number of para-hydroxylation sites is 1. The van der Waals surface area contributed by atoms with E-state index in [4.69, 9.17) is 9.47 Å². The Kier molecular flexibility index (Phi) is 6.26. The number of aromatic nitrogens is 2. The summed E-state index contributed by atoms with van der Waals surface area (Å²) in [5.41, 5.74) is 1.54. The summed E-state index contributed by atoms with van der Waals surface area (Å²) in [4.78, 5) is 11.7. The third-order valence-electron chi connectivity index (χ3n) is 3.28. The highest BCUT2D eigenvalue weighted by Crippen LogP contribution is 2.31. The molecule has 1 N–H and O–H groups in total. The van der Waals surface area contributed by atoms with Gasteiger partial charge in [0.1, 0.15) is 0 Å². The average Bonchev–Trinajstić information content (AvgIpc) is 3.01. The molecule has 0 aliphatic rings. The van der Waals surface area contributed by atoms with E-state index in [1.165, 1.54) is 0 Å². The van der Waals surface area contributed by atoms with Gasteiger partial charge in [0.25, 0.3) is 5.91 Å². The van der Waals surface area contributed by atoms with Crippen LogP contribution in [0.2, 0.25) is 0 Å². The molecule has 0 saturated heterocycles. The van der Waals surface area contributed by atoms with E-state index in [0.29, 0.717) is 30.2 Å². The molecular weight excluding hydrogens is 306 g/mol. The molecule has 1 aromatic carbocycles. The minimum absolute atomic E-state index is 0.332. The summed E-state index contributed by atoms with van der Waals surface area (Å²) < 4.78 is 12.4. The zero-order chi connectivity index (χ0) is 17.4. The molecule has 2 rings (SSSR count). The van der Waals surface area contributed by atoms with E-state index < -0.39 is 0 Å². The standard InChI is InChI=1S/C18H21N3O3/c1-4-5-6-10-17(22)20-15-11-19-21(13-15)12-14-8-7-9-16(23-2)18(14)24-3/h7-9,11,13H,4-5,12H2,1-3H3,(H,20,22). The molecule has 0 saturated carbocycles. The number of hydrogen-bond donors (Lipinski definition) is 1. The summed E-state index contributed by atoms with van der Waals surface area (Å²) in [5, 5.41) is 6.96. The van der Waals surface area contributed by atoms with Gasteiger partial charge in [-0.3, -0.25) is 9.48 Å². The molecule has 1 heterocycles. The Morgan fingerprint density at radius 3 is 2.88 bits per heavy atom. The number of methoxy groups -OCH3 is 2. The maximum atomic E-state index is 11.7. The van der Waals surface area contributed by atoms with Crippen molar-refractivity contribution >= 4 is 11.6 Å². The summed E-state index contributed by atoms with van der Waals surface area (Å²) in [7, 11) is 3.20. The Bertz CT molecular complexity index is 756. The summed E-state index contributed by atoms with van der Waals surface area (Å²) >= 11 is 0. The van der Waals surface area contributed by atoms with E-state index in [9.17, 15) is 4.79 Å². The van der Waals surface area contributed by atoms with E-state index >= 15 is 0 Å². The van der Waals surface area contributed by atoms with Crippen LogP contribution in [0.1, 0.15) is 25.3 Å². The number of amides is 1. The molecule has 24 heavy (non-hydrogen) atoms. The van der Waals surface area contributed by atoms with Gasteiger partial charge in [-0.25, -0.2) is 0 Å². The van der Waals surface area contributed by atoms with Gasteiger partial charge < -0.3 is 14.8 Å². The smallest absolute Gasteiger partial charge is 0.300 e. The Morgan fingerprint density at radius 1 is 1.33 bits per heavy atom. The predicted octanol–water partition coefficient (Wildman–Crippen LogP) is 2.69. The second kappa shape index (κ2) is 8.63. The number of hydrogen-bond acceptors (Lipinski definition) is 4. The minimum Gasteiger partial charge on any atom is -0.493 e. The van der Waals surface area contributed by atoms with Gasteiger partial charge in [0, 0.05) is 18.2 Å². The number of nitrogens with one attached hydrogen (secondary N) is 1. The van der Waals surface area contributed by atoms with Gasteiger partial charge in [-0.1, -0.05) is 25.0 Å². The van der Waals surface area contributed by atoms with E-state index in [1.807, 2.05) is 25.1 Å². The first-order valence-electron chi connectivity index (χ1n) is 7.70. The van der Waals surface area contributed by atoms with Gasteiger partial charge in [0.15, 0.2) is 11.5 Å². The van der Waals surface area contributed by atoms with E-state index in [2.05, 4.69) is 22.3 Å². The zero-order valence-electron chi connectivity index (χ0n) is 14.1. The summed E-state index contributed by atoms with van der Waals surface area (Å²) in [6.45, 7) is 2.52. The first-order valence-corrected chi connectivity index (χ1v) is 7.70. The van der Waals surface area contributed by atoms with E-state index in [0.717, 1.165) is 12.0 Å². The molecule has 6 nitrogen and oxygen atoms in total. The Hall–Kier alpha value is -2.94. The number of nitrogens with zero attached hydrogens (tertiary/aromatic N) is 2. The average molecular weight is 327 g/mol. The van der Waals surface area contributed by atoms with Crippen LogP contribution in [0.4, 0.5) is 5.69 Å². The van der Waals surface area contributed by atoms with Crippen LogP contribution in [0.25, 0.3) is 0 Å². The lowest BCUT2D eigenvalue weighted by molar-refractivity contribution is -0.111. The number of carbonyl (C=O) groups excluding carboxylic acids is 1. The predicted molar refractivity (Wildman–Crippen MR) is 92.2 cm³/mol. The maximum Gasteiger partial charge on any atom is 0.300 e. The third kappa shape index (κ3) is 4.53. The van der Waals surface area contributed by atoms with Crippen LogP contribution >= 0.6 is 0 Å². The maximum absolute atomic E-state index is 11.7. The highest BCUT2D eigenvalue weighted by atomic mass is 16.5. The van der Waals surface area contributed by atoms with Crippen molar-refractivity contribution in [3.63, 3.8) is 0 Å². The van der Waals surface area contributed by atoms with Crippen LogP contribution < -0.4 is 14.8 Å². The molecule has 0 spiro atoms. The lowest BCUT2D eigenvalue weighted by Crippen LogP contribution is -2.08. The largest absolute Gasteiger partial charge is 0.493 e. The lowest BCUT2D eigenvalue weighted by atomic mass is 10.2. The molecule has 1 amide bonds. The van der Waals surface area contributed by atoms with Crippen molar-refractivity contribution in [2.24, 2.45) is 0 Å². The molecule has 0 aliphatic heterocycles. The van der Waals surface area contributed by atoms with E-state index in [-0.39, 0.29) is 5.91 Å². The Labute approximate surface area is 141 Å². The molecule has 126 valence electrons. The number of unbranched alkanes of at least 4 members (excludes halogenated alkanes) is 1. The van der Waals surface area contributed by atoms with Gasteiger partial charge in [-0.2, -0.15) is 5.10 Å². The second-order valence-electron chi connectivity index (χ2n) is 5.09.